The molecule has 0 fully saturated rings. The summed E-state index contributed by atoms with van der Waals surface area (Å²) in [5.41, 5.74) is 4.84. The van der Waals surface area contributed by atoms with E-state index in [1.807, 2.05) is 55.5 Å². The molecule has 2 aromatic heterocycles. The summed E-state index contributed by atoms with van der Waals surface area (Å²) in [6.07, 6.45) is 0. The van der Waals surface area contributed by atoms with Gasteiger partial charge < -0.3 is 10.3 Å². The summed E-state index contributed by atoms with van der Waals surface area (Å²) in [6, 6.07) is 16.0. The SMILES string of the molecule is Cc1ccc(Nc2nnc(SCC(=O)c3c(C)[nH]c4ccccc34)s2)cc1. The quantitative estimate of drug-likeness (QED) is 0.340. The van der Waals surface area contributed by atoms with Crippen LogP contribution in [0.15, 0.2) is 52.9 Å². The van der Waals surface area contributed by atoms with E-state index in [9.17, 15) is 4.79 Å². The number of hydrogen-bond donors (Lipinski definition) is 2. The van der Waals surface area contributed by atoms with Gasteiger partial charge in [0, 0.05) is 27.8 Å². The van der Waals surface area contributed by atoms with Gasteiger partial charge in [0.25, 0.3) is 0 Å². The Balaban J connectivity index is 1.43. The molecule has 2 N–H and O–H groups in total. The molecule has 0 amide bonds. The number of nitrogens with zero attached hydrogens (tertiary/aromatic N) is 2. The molecular weight excluding hydrogens is 376 g/mol. The maximum absolute atomic E-state index is 12.7. The first kappa shape index (κ1) is 17.8. The number of H-pyrrole nitrogens is 1. The molecule has 0 aliphatic heterocycles. The van der Waals surface area contributed by atoms with Crippen LogP contribution in [0.5, 0.6) is 0 Å². The van der Waals surface area contributed by atoms with Crippen molar-refractivity contribution in [1.82, 2.24) is 15.2 Å². The van der Waals surface area contributed by atoms with Crippen LogP contribution in [-0.4, -0.2) is 26.7 Å². The van der Waals surface area contributed by atoms with Crippen molar-refractivity contribution in [3.05, 3.63) is 65.4 Å². The fourth-order valence-corrected chi connectivity index (χ4v) is 4.56. The number of Topliss-reactive ketones (excluding diaryl/α,β-unsaturated/α-hetero) is 1. The van der Waals surface area contributed by atoms with Crippen LogP contribution >= 0.6 is 23.1 Å². The van der Waals surface area contributed by atoms with E-state index in [1.54, 1.807) is 0 Å². The molecule has 0 unspecified atom stereocenters. The molecule has 7 heteroatoms. The van der Waals surface area contributed by atoms with E-state index in [1.165, 1.54) is 28.7 Å². The number of aryl methyl sites for hydroxylation is 2. The zero-order valence-electron chi connectivity index (χ0n) is 14.9. The summed E-state index contributed by atoms with van der Waals surface area (Å²) >= 11 is 2.87. The molecule has 0 aliphatic rings. The lowest BCUT2D eigenvalue weighted by atomic mass is 10.1. The van der Waals surface area contributed by atoms with Gasteiger partial charge in [-0.05, 0) is 32.0 Å². The summed E-state index contributed by atoms with van der Waals surface area (Å²) in [4.78, 5) is 16.0. The lowest BCUT2D eigenvalue weighted by Crippen LogP contribution is -2.03. The third-order valence-electron chi connectivity index (χ3n) is 4.21. The van der Waals surface area contributed by atoms with Crippen molar-refractivity contribution in [2.45, 2.75) is 18.2 Å². The van der Waals surface area contributed by atoms with E-state index in [-0.39, 0.29) is 5.78 Å². The highest BCUT2D eigenvalue weighted by atomic mass is 32.2. The van der Waals surface area contributed by atoms with Crippen LogP contribution in [-0.2, 0) is 0 Å². The van der Waals surface area contributed by atoms with Crippen molar-refractivity contribution < 1.29 is 4.79 Å². The number of carbonyl (C=O) groups is 1. The molecule has 0 bridgehead atoms. The van der Waals surface area contributed by atoms with E-state index in [2.05, 4.69) is 27.4 Å². The first-order valence-electron chi connectivity index (χ1n) is 8.50. The highest BCUT2D eigenvalue weighted by molar-refractivity contribution is 8.01. The number of nitrogens with one attached hydrogen (secondary N) is 2. The molecule has 27 heavy (non-hydrogen) atoms. The van der Waals surface area contributed by atoms with Gasteiger partial charge in [0.15, 0.2) is 10.1 Å². The second-order valence-electron chi connectivity index (χ2n) is 6.25. The Hall–Kier alpha value is -2.64. The van der Waals surface area contributed by atoms with Gasteiger partial charge in [0.05, 0.1) is 5.75 Å². The summed E-state index contributed by atoms with van der Waals surface area (Å²) in [6.45, 7) is 3.99. The smallest absolute Gasteiger partial charge is 0.210 e. The van der Waals surface area contributed by atoms with Crippen molar-refractivity contribution in [3.8, 4) is 0 Å². The highest BCUT2D eigenvalue weighted by Crippen LogP contribution is 2.30. The van der Waals surface area contributed by atoms with Crippen LogP contribution < -0.4 is 5.32 Å². The van der Waals surface area contributed by atoms with E-state index < -0.39 is 0 Å². The lowest BCUT2D eigenvalue weighted by molar-refractivity contribution is 0.102. The topological polar surface area (TPSA) is 70.7 Å². The molecule has 2 aromatic carbocycles. The molecule has 0 spiro atoms. The van der Waals surface area contributed by atoms with Crippen molar-refractivity contribution in [1.29, 1.82) is 0 Å². The van der Waals surface area contributed by atoms with E-state index in [0.717, 1.165) is 37.3 Å². The number of fused-ring (bicyclic) bond motifs is 1. The number of rotatable bonds is 6. The normalized spacial score (nSPS) is 11.0. The number of hydrogen-bond acceptors (Lipinski definition) is 6. The maximum atomic E-state index is 12.7. The van der Waals surface area contributed by atoms with Crippen LogP contribution in [0.1, 0.15) is 21.6 Å². The predicted octanol–water partition coefficient (Wildman–Crippen LogP) is 5.35. The summed E-state index contributed by atoms with van der Waals surface area (Å²) < 4.78 is 0.774. The van der Waals surface area contributed by atoms with Crippen molar-refractivity contribution in [2.75, 3.05) is 11.1 Å². The Bertz CT molecular complexity index is 1100. The average molecular weight is 395 g/mol. The molecule has 2 heterocycles. The number of aromatic amines is 1. The fraction of sp³-hybridized carbons (Fsp3) is 0.150. The second kappa shape index (κ2) is 7.54. The minimum absolute atomic E-state index is 0.0955. The molecule has 4 rings (SSSR count). The molecular formula is C20H18N4OS2. The van der Waals surface area contributed by atoms with Gasteiger partial charge in [-0.1, -0.05) is 59.0 Å². The van der Waals surface area contributed by atoms with Crippen molar-refractivity contribution in [3.63, 3.8) is 0 Å². The van der Waals surface area contributed by atoms with Crippen LogP contribution in [0.3, 0.4) is 0 Å². The number of benzene rings is 2. The number of carbonyl (C=O) groups excluding carboxylic acids is 1. The third-order valence-corrected chi connectivity index (χ3v) is 6.18. The van der Waals surface area contributed by atoms with Gasteiger partial charge in [-0.15, -0.1) is 10.2 Å². The number of thioether (sulfide) groups is 1. The zero-order chi connectivity index (χ0) is 18.8. The number of ketones is 1. The first-order valence-corrected chi connectivity index (χ1v) is 10.3. The second-order valence-corrected chi connectivity index (χ2v) is 8.45. The number of aromatic nitrogens is 3. The Morgan fingerprint density at radius 1 is 1.11 bits per heavy atom. The van der Waals surface area contributed by atoms with Crippen LogP contribution in [0.4, 0.5) is 10.8 Å². The number of anilines is 2. The van der Waals surface area contributed by atoms with Crippen LogP contribution in [0, 0.1) is 13.8 Å². The fourth-order valence-electron chi connectivity index (χ4n) is 2.91. The van der Waals surface area contributed by atoms with Crippen molar-refractivity contribution in [2.24, 2.45) is 0 Å². The predicted molar refractivity (Wildman–Crippen MR) is 112 cm³/mol. The minimum atomic E-state index is 0.0955. The van der Waals surface area contributed by atoms with Gasteiger partial charge in [-0.2, -0.15) is 0 Å². The highest BCUT2D eigenvalue weighted by Gasteiger charge is 2.17. The average Bonchev–Trinajstić information content (AvgIpc) is 3.24. The van der Waals surface area contributed by atoms with Gasteiger partial charge in [0.1, 0.15) is 0 Å². The Kier molecular flexibility index (Phi) is 4.96. The van der Waals surface area contributed by atoms with Gasteiger partial charge >= 0.3 is 0 Å². The van der Waals surface area contributed by atoms with E-state index in [0.29, 0.717) is 5.75 Å². The zero-order valence-corrected chi connectivity index (χ0v) is 16.6. The van der Waals surface area contributed by atoms with Crippen molar-refractivity contribution >= 4 is 50.6 Å². The van der Waals surface area contributed by atoms with Gasteiger partial charge in [-0.25, -0.2) is 0 Å². The Labute approximate surface area is 165 Å². The molecule has 0 saturated carbocycles. The minimum Gasteiger partial charge on any atom is -0.358 e. The third kappa shape index (κ3) is 3.89. The Morgan fingerprint density at radius 3 is 2.70 bits per heavy atom. The number of para-hydroxylation sites is 1. The summed E-state index contributed by atoms with van der Waals surface area (Å²) in [5.74, 6) is 0.431. The van der Waals surface area contributed by atoms with Gasteiger partial charge in [-0.3, -0.25) is 4.79 Å². The molecule has 0 saturated heterocycles. The molecule has 136 valence electrons. The molecule has 0 atom stereocenters. The van der Waals surface area contributed by atoms with E-state index in [4.69, 9.17) is 0 Å². The summed E-state index contributed by atoms with van der Waals surface area (Å²) in [7, 11) is 0. The van der Waals surface area contributed by atoms with Gasteiger partial charge in [0.2, 0.25) is 5.13 Å². The first-order chi connectivity index (χ1) is 13.1. The monoisotopic (exact) mass is 394 g/mol. The van der Waals surface area contributed by atoms with Crippen LogP contribution in [0.25, 0.3) is 10.9 Å². The molecule has 0 aliphatic carbocycles. The molecule has 5 nitrogen and oxygen atoms in total. The molecule has 4 aromatic rings. The Morgan fingerprint density at radius 2 is 1.89 bits per heavy atom. The van der Waals surface area contributed by atoms with E-state index >= 15 is 0 Å². The van der Waals surface area contributed by atoms with Crippen LogP contribution in [0.2, 0.25) is 0 Å². The maximum Gasteiger partial charge on any atom is 0.210 e. The lowest BCUT2D eigenvalue weighted by Gasteiger charge is -2.01. The standard InChI is InChI=1S/C20H18N4OS2/c1-12-7-9-14(10-8-12)22-19-23-24-20(27-19)26-11-17(25)18-13(2)21-16-6-4-3-5-15(16)18/h3-10,21H,11H2,1-2H3,(H,22,23). The largest absolute Gasteiger partial charge is 0.358 e. The molecule has 0 radical (unpaired) electrons. The summed E-state index contributed by atoms with van der Waals surface area (Å²) in [5, 5.41) is 13.3.